The molecule has 5 heteroatoms. The normalized spacial score (nSPS) is 9.72. The molecule has 3 rings (SSSR count). The summed E-state index contributed by atoms with van der Waals surface area (Å²) in [7, 11) is 0. The molecule has 0 unspecified atom stereocenters. The van der Waals surface area contributed by atoms with Gasteiger partial charge in [0.15, 0.2) is 5.11 Å². The first-order chi connectivity index (χ1) is 12.2. The summed E-state index contributed by atoms with van der Waals surface area (Å²) in [6.07, 6.45) is 0. The van der Waals surface area contributed by atoms with Crippen molar-refractivity contribution in [1.29, 1.82) is 5.26 Å². The summed E-state index contributed by atoms with van der Waals surface area (Å²) < 4.78 is 5.75. The summed E-state index contributed by atoms with van der Waals surface area (Å²) in [4.78, 5) is 0. The number of para-hydroxylation sites is 1. The maximum absolute atomic E-state index is 8.80. The number of anilines is 2. The van der Waals surface area contributed by atoms with Crippen molar-refractivity contribution in [3.8, 4) is 17.6 Å². The summed E-state index contributed by atoms with van der Waals surface area (Å²) in [6, 6.07) is 26.3. The molecule has 3 aromatic carbocycles. The Morgan fingerprint density at radius 1 is 0.760 bits per heavy atom. The van der Waals surface area contributed by atoms with Gasteiger partial charge in [-0.15, -0.1) is 0 Å². The quantitative estimate of drug-likeness (QED) is 0.640. The fraction of sp³-hybridized carbons (Fsp3) is 0. The van der Waals surface area contributed by atoms with Crippen LogP contribution in [0.2, 0.25) is 0 Å². The monoisotopic (exact) mass is 345 g/mol. The van der Waals surface area contributed by atoms with Crippen molar-refractivity contribution in [2.24, 2.45) is 0 Å². The van der Waals surface area contributed by atoms with E-state index in [2.05, 4.69) is 16.7 Å². The summed E-state index contributed by atoms with van der Waals surface area (Å²) >= 11 is 5.30. The number of thiocarbonyl (C=S) groups is 1. The molecule has 25 heavy (non-hydrogen) atoms. The maximum atomic E-state index is 8.80. The SMILES string of the molecule is N#Cc1ccc(NC(=S)Nc2ccc(Oc3ccccc3)cc2)cc1. The molecule has 122 valence electrons. The molecule has 4 nitrogen and oxygen atoms in total. The average molecular weight is 345 g/mol. The first-order valence-corrected chi connectivity index (χ1v) is 8.05. The predicted octanol–water partition coefficient (Wildman–Crippen LogP) is 5.16. The van der Waals surface area contributed by atoms with Crippen LogP contribution in [0, 0.1) is 11.3 Å². The lowest BCUT2D eigenvalue weighted by molar-refractivity contribution is 0.483. The smallest absolute Gasteiger partial charge is 0.175 e. The third-order valence-electron chi connectivity index (χ3n) is 3.36. The van der Waals surface area contributed by atoms with Crippen LogP contribution in [0.1, 0.15) is 5.56 Å². The number of nitrogens with zero attached hydrogens (tertiary/aromatic N) is 1. The fourth-order valence-corrected chi connectivity index (χ4v) is 2.39. The van der Waals surface area contributed by atoms with Crippen LogP contribution in [0.3, 0.4) is 0 Å². The molecule has 0 spiro atoms. The van der Waals surface area contributed by atoms with Crippen molar-refractivity contribution in [2.75, 3.05) is 10.6 Å². The zero-order chi connectivity index (χ0) is 17.5. The fourth-order valence-electron chi connectivity index (χ4n) is 2.15. The lowest BCUT2D eigenvalue weighted by atomic mass is 10.2. The largest absolute Gasteiger partial charge is 0.457 e. The highest BCUT2D eigenvalue weighted by molar-refractivity contribution is 7.80. The highest BCUT2D eigenvalue weighted by atomic mass is 32.1. The van der Waals surface area contributed by atoms with Crippen molar-refractivity contribution in [3.63, 3.8) is 0 Å². The summed E-state index contributed by atoms with van der Waals surface area (Å²) in [6.45, 7) is 0. The number of hydrogen-bond acceptors (Lipinski definition) is 3. The van der Waals surface area contributed by atoms with E-state index in [1.54, 1.807) is 12.1 Å². The Labute approximate surface area is 151 Å². The molecule has 3 aromatic rings. The molecule has 0 saturated heterocycles. The van der Waals surface area contributed by atoms with E-state index in [9.17, 15) is 0 Å². The molecule has 0 aliphatic carbocycles. The third-order valence-corrected chi connectivity index (χ3v) is 3.57. The summed E-state index contributed by atoms with van der Waals surface area (Å²) in [5.41, 5.74) is 2.28. The minimum absolute atomic E-state index is 0.474. The molecule has 0 aliphatic heterocycles. The lowest BCUT2D eigenvalue weighted by Gasteiger charge is -2.11. The topological polar surface area (TPSA) is 57.1 Å². The highest BCUT2D eigenvalue weighted by Crippen LogP contribution is 2.22. The minimum Gasteiger partial charge on any atom is -0.457 e. The molecule has 0 radical (unpaired) electrons. The first kappa shape index (κ1) is 16.5. The van der Waals surface area contributed by atoms with E-state index in [0.717, 1.165) is 22.9 Å². The zero-order valence-corrected chi connectivity index (χ0v) is 14.1. The number of nitrogens with one attached hydrogen (secondary N) is 2. The number of ether oxygens (including phenoxy) is 1. The zero-order valence-electron chi connectivity index (χ0n) is 13.3. The van der Waals surface area contributed by atoms with Crippen LogP contribution >= 0.6 is 12.2 Å². The van der Waals surface area contributed by atoms with Crippen LogP contribution in [0.25, 0.3) is 0 Å². The van der Waals surface area contributed by atoms with Gasteiger partial charge in [0.1, 0.15) is 11.5 Å². The second kappa shape index (κ2) is 7.95. The van der Waals surface area contributed by atoms with Gasteiger partial charge in [0, 0.05) is 11.4 Å². The molecule has 0 bridgehead atoms. The second-order valence-electron chi connectivity index (χ2n) is 5.21. The van der Waals surface area contributed by atoms with Crippen molar-refractivity contribution < 1.29 is 4.74 Å². The van der Waals surface area contributed by atoms with Crippen molar-refractivity contribution >= 4 is 28.7 Å². The molecule has 0 aliphatic rings. The van der Waals surface area contributed by atoms with Gasteiger partial charge in [-0.2, -0.15) is 5.26 Å². The Balaban J connectivity index is 1.57. The summed E-state index contributed by atoms with van der Waals surface area (Å²) in [5.74, 6) is 1.55. The highest BCUT2D eigenvalue weighted by Gasteiger charge is 2.01. The maximum Gasteiger partial charge on any atom is 0.175 e. The van der Waals surface area contributed by atoms with Crippen molar-refractivity contribution in [3.05, 3.63) is 84.4 Å². The van der Waals surface area contributed by atoms with Crippen LogP contribution in [0.15, 0.2) is 78.9 Å². The Bertz CT molecular complexity index is 885. The van der Waals surface area contributed by atoms with Gasteiger partial charge in [-0.05, 0) is 72.9 Å². The van der Waals surface area contributed by atoms with Crippen LogP contribution < -0.4 is 15.4 Å². The van der Waals surface area contributed by atoms with Gasteiger partial charge in [-0.1, -0.05) is 18.2 Å². The Kier molecular flexibility index (Phi) is 5.25. The van der Waals surface area contributed by atoms with E-state index in [4.69, 9.17) is 22.2 Å². The first-order valence-electron chi connectivity index (χ1n) is 7.64. The van der Waals surface area contributed by atoms with Gasteiger partial charge < -0.3 is 15.4 Å². The molecule has 0 fully saturated rings. The van der Waals surface area contributed by atoms with Crippen LogP contribution in [0.5, 0.6) is 11.5 Å². The number of benzene rings is 3. The van der Waals surface area contributed by atoms with Gasteiger partial charge in [-0.25, -0.2) is 0 Å². The third kappa shape index (κ3) is 4.80. The van der Waals surface area contributed by atoms with Gasteiger partial charge in [0.2, 0.25) is 0 Å². The Hall–Kier alpha value is -3.36. The molecular formula is C20H15N3OS. The molecule has 0 atom stereocenters. The number of nitriles is 1. The van der Waals surface area contributed by atoms with E-state index in [1.807, 2.05) is 66.7 Å². The van der Waals surface area contributed by atoms with Crippen LogP contribution in [0.4, 0.5) is 11.4 Å². The predicted molar refractivity (Wildman–Crippen MR) is 104 cm³/mol. The Morgan fingerprint density at radius 2 is 1.28 bits per heavy atom. The molecule has 0 aromatic heterocycles. The van der Waals surface area contributed by atoms with Crippen molar-refractivity contribution in [1.82, 2.24) is 0 Å². The average Bonchev–Trinajstić information content (AvgIpc) is 2.65. The second-order valence-corrected chi connectivity index (χ2v) is 5.62. The molecule has 0 amide bonds. The standard InChI is InChI=1S/C20H15N3OS/c21-14-15-6-8-16(9-7-15)22-20(25)23-17-10-12-19(13-11-17)24-18-4-2-1-3-5-18/h1-13H,(H2,22,23,25). The number of hydrogen-bond donors (Lipinski definition) is 2. The van der Waals surface area contributed by atoms with E-state index in [0.29, 0.717) is 10.7 Å². The van der Waals surface area contributed by atoms with E-state index < -0.39 is 0 Å². The van der Waals surface area contributed by atoms with Crippen molar-refractivity contribution in [2.45, 2.75) is 0 Å². The van der Waals surface area contributed by atoms with E-state index >= 15 is 0 Å². The van der Waals surface area contributed by atoms with Gasteiger partial charge in [-0.3, -0.25) is 0 Å². The molecule has 2 N–H and O–H groups in total. The Morgan fingerprint density at radius 3 is 1.84 bits per heavy atom. The van der Waals surface area contributed by atoms with E-state index in [1.165, 1.54) is 0 Å². The number of rotatable bonds is 4. The van der Waals surface area contributed by atoms with Gasteiger partial charge in [0.25, 0.3) is 0 Å². The van der Waals surface area contributed by atoms with Gasteiger partial charge >= 0.3 is 0 Å². The minimum atomic E-state index is 0.474. The molecule has 0 heterocycles. The van der Waals surface area contributed by atoms with Gasteiger partial charge in [0.05, 0.1) is 11.6 Å². The molecular weight excluding hydrogens is 330 g/mol. The van der Waals surface area contributed by atoms with Crippen LogP contribution in [-0.4, -0.2) is 5.11 Å². The summed E-state index contributed by atoms with van der Waals surface area (Å²) in [5, 5.41) is 15.5. The molecule has 0 saturated carbocycles. The lowest BCUT2D eigenvalue weighted by Crippen LogP contribution is -2.18. The van der Waals surface area contributed by atoms with E-state index in [-0.39, 0.29) is 0 Å². The van der Waals surface area contributed by atoms with Crippen LogP contribution in [-0.2, 0) is 0 Å².